The highest BCUT2D eigenvalue weighted by atomic mass is 79.9. The Labute approximate surface area is 171 Å². The molecule has 0 bridgehead atoms. The summed E-state index contributed by atoms with van der Waals surface area (Å²) >= 11 is 3.27. The van der Waals surface area contributed by atoms with E-state index in [1.54, 1.807) is 0 Å². The quantitative estimate of drug-likeness (QED) is 0.208. The second-order valence-corrected chi connectivity index (χ2v) is 6.77. The molecule has 1 unspecified atom stereocenters. The van der Waals surface area contributed by atoms with Crippen molar-refractivity contribution in [3.8, 4) is 0 Å². The zero-order valence-electron chi connectivity index (χ0n) is 16.2. The normalized spacial score (nSPS) is 26.8. The maximum atomic E-state index is 11.6. The average Bonchev–Trinajstić information content (AvgIpc) is 2.57. The third-order valence-corrected chi connectivity index (χ3v) is 4.07. The standard InChI is InChI=1S/C17H25BrO10/c1-9(19)24-8-13-14(25-10(2)20)15(26-11(3)21)16(27-12(4)22)17(28-13)23-7-5-6-18/h13-17H,5-8H2,1-4H3/t13-,14+,15+,16-,17?/m1/s1. The van der Waals surface area contributed by atoms with Gasteiger partial charge < -0.3 is 28.4 Å². The van der Waals surface area contributed by atoms with Gasteiger partial charge in [0.1, 0.15) is 12.7 Å². The van der Waals surface area contributed by atoms with Crippen LogP contribution in [0.1, 0.15) is 34.1 Å². The number of halogens is 1. The molecule has 0 aromatic heterocycles. The van der Waals surface area contributed by atoms with E-state index < -0.39 is 54.6 Å². The Morgan fingerprint density at radius 2 is 1.36 bits per heavy atom. The van der Waals surface area contributed by atoms with Crippen molar-refractivity contribution in [3.63, 3.8) is 0 Å². The molecule has 10 nitrogen and oxygen atoms in total. The molecule has 0 aromatic carbocycles. The lowest BCUT2D eigenvalue weighted by Crippen LogP contribution is -2.63. The maximum Gasteiger partial charge on any atom is 0.303 e. The van der Waals surface area contributed by atoms with Crippen LogP contribution in [0.5, 0.6) is 0 Å². The Morgan fingerprint density at radius 1 is 0.821 bits per heavy atom. The van der Waals surface area contributed by atoms with Crippen LogP contribution in [0.2, 0.25) is 0 Å². The largest absolute Gasteiger partial charge is 0.463 e. The van der Waals surface area contributed by atoms with E-state index in [1.807, 2.05) is 0 Å². The number of hydrogen-bond acceptors (Lipinski definition) is 10. The fraction of sp³-hybridized carbons (Fsp3) is 0.765. The minimum Gasteiger partial charge on any atom is -0.463 e. The van der Waals surface area contributed by atoms with E-state index in [2.05, 4.69) is 15.9 Å². The lowest BCUT2D eigenvalue weighted by molar-refractivity contribution is -0.308. The summed E-state index contributed by atoms with van der Waals surface area (Å²) in [5.74, 6) is -2.61. The Kier molecular flexibility index (Phi) is 10.4. The van der Waals surface area contributed by atoms with Crippen LogP contribution >= 0.6 is 15.9 Å². The Balaban J connectivity index is 3.21. The molecule has 1 heterocycles. The average molecular weight is 469 g/mol. The highest BCUT2D eigenvalue weighted by Crippen LogP contribution is 2.30. The van der Waals surface area contributed by atoms with Crippen molar-refractivity contribution in [2.24, 2.45) is 0 Å². The van der Waals surface area contributed by atoms with Gasteiger partial charge in [-0.3, -0.25) is 19.2 Å². The number of esters is 4. The molecule has 0 saturated carbocycles. The lowest BCUT2D eigenvalue weighted by Gasteiger charge is -2.44. The summed E-state index contributed by atoms with van der Waals surface area (Å²) in [7, 11) is 0. The summed E-state index contributed by atoms with van der Waals surface area (Å²) in [6.07, 6.45) is -5.07. The number of carbonyl (C=O) groups excluding carboxylic acids is 4. The van der Waals surface area contributed by atoms with Crippen LogP contribution in [0.25, 0.3) is 0 Å². The molecule has 0 radical (unpaired) electrons. The molecular weight excluding hydrogens is 444 g/mol. The highest BCUT2D eigenvalue weighted by molar-refractivity contribution is 9.09. The first-order chi connectivity index (χ1) is 13.1. The number of carbonyl (C=O) groups is 4. The second kappa shape index (κ2) is 12.0. The van der Waals surface area contributed by atoms with Crippen molar-refractivity contribution in [2.45, 2.75) is 64.8 Å². The summed E-state index contributed by atoms with van der Waals surface area (Å²) in [4.78, 5) is 46.0. The van der Waals surface area contributed by atoms with Crippen molar-refractivity contribution >= 4 is 39.8 Å². The Bertz CT molecular complexity index is 566. The molecule has 11 heteroatoms. The molecule has 5 atom stereocenters. The molecule has 0 amide bonds. The third-order valence-electron chi connectivity index (χ3n) is 3.51. The minimum atomic E-state index is -1.21. The fourth-order valence-corrected chi connectivity index (χ4v) is 2.81. The molecular formula is C17H25BrO10. The first-order valence-electron chi connectivity index (χ1n) is 8.63. The second-order valence-electron chi connectivity index (χ2n) is 5.98. The van der Waals surface area contributed by atoms with Crippen molar-refractivity contribution in [1.82, 2.24) is 0 Å². The smallest absolute Gasteiger partial charge is 0.303 e. The van der Waals surface area contributed by atoms with Gasteiger partial charge in [-0.1, -0.05) is 15.9 Å². The van der Waals surface area contributed by atoms with Crippen LogP contribution in [-0.2, 0) is 47.6 Å². The molecule has 0 aromatic rings. The maximum absolute atomic E-state index is 11.6. The molecule has 0 spiro atoms. The van der Waals surface area contributed by atoms with E-state index in [9.17, 15) is 19.2 Å². The Hall–Kier alpha value is -1.72. The Morgan fingerprint density at radius 3 is 1.86 bits per heavy atom. The first kappa shape index (κ1) is 24.3. The van der Waals surface area contributed by atoms with Crippen molar-refractivity contribution in [1.29, 1.82) is 0 Å². The van der Waals surface area contributed by atoms with Crippen molar-refractivity contribution in [3.05, 3.63) is 0 Å². The van der Waals surface area contributed by atoms with E-state index in [4.69, 9.17) is 28.4 Å². The van der Waals surface area contributed by atoms with Gasteiger partial charge in [-0.15, -0.1) is 0 Å². The van der Waals surface area contributed by atoms with Crippen molar-refractivity contribution < 1.29 is 47.6 Å². The van der Waals surface area contributed by atoms with Gasteiger partial charge in [-0.25, -0.2) is 0 Å². The SMILES string of the molecule is CC(=O)OC[C@H]1OC(OCCCBr)[C@H](OC(C)=O)[C@@H](OC(C)=O)[C@H]1OC(C)=O. The van der Waals surface area contributed by atoms with Gasteiger partial charge in [-0.2, -0.15) is 0 Å². The monoisotopic (exact) mass is 468 g/mol. The van der Waals surface area contributed by atoms with Gasteiger partial charge in [0.15, 0.2) is 24.6 Å². The summed E-state index contributed by atoms with van der Waals surface area (Å²) in [6, 6.07) is 0. The van der Waals surface area contributed by atoms with Gasteiger partial charge in [0.05, 0.1) is 6.61 Å². The minimum absolute atomic E-state index is 0.249. The van der Waals surface area contributed by atoms with E-state index in [-0.39, 0.29) is 13.2 Å². The van der Waals surface area contributed by atoms with Crippen LogP contribution < -0.4 is 0 Å². The summed E-state index contributed by atoms with van der Waals surface area (Å²) in [5.41, 5.74) is 0. The van der Waals surface area contributed by atoms with Crippen molar-refractivity contribution in [2.75, 3.05) is 18.5 Å². The molecule has 0 N–H and O–H groups in total. The third kappa shape index (κ3) is 8.11. The molecule has 1 aliphatic heterocycles. The predicted octanol–water partition coefficient (Wildman–Crippen LogP) is 0.871. The van der Waals surface area contributed by atoms with Gasteiger partial charge in [0.25, 0.3) is 0 Å². The van der Waals surface area contributed by atoms with Gasteiger partial charge in [0.2, 0.25) is 0 Å². The molecule has 1 rings (SSSR count). The van der Waals surface area contributed by atoms with Crippen LogP contribution in [-0.4, -0.2) is 73.1 Å². The lowest BCUT2D eigenvalue weighted by atomic mass is 9.98. The van der Waals surface area contributed by atoms with Crippen LogP contribution in [0.3, 0.4) is 0 Å². The molecule has 1 fully saturated rings. The van der Waals surface area contributed by atoms with E-state index in [0.29, 0.717) is 11.8 Å². The van der Waals surface area contributed by atoms with E-state index in [0.717, 1.165) is 13.8 Å². The number of rotatable bonds is 9. The molecule has 1 aliphatic rings. The fourth-order valence-electron chi connectivity index (χ4n) is 2.58. The first-order valence-corrected chi connectivity index (χ1v) is 9.75. The van der Waals surface area contributed by atoms with Crippen LogP contribution in [0, 0.1) is 0 Å². The molecule has 0 aliphatic carbocycles. The summed E-state index contributed by atoms with van der Waals surface area (Å²) in [6.45, 7) is 4.67. The molecule has 1 saturated heterocycles. The van der Waals surface area contributed by atoms with Gasteiger partial charge in [-0.05, 0) is 6.42 Å². The van der Waals surface area contributed by atoms with E-state index >= 15 is 0 Å². The predicted molar refractivity (Wildman–Crippen MR) is 96.3 cm³/mol. The summed E-state index contributed by atoms with van der Waals surface area (Å²) in [5, 5.41) is 0.665. The topological polar surface area (TPSA) is 124 Å². The van der Waals surface area contributed by atoms with Crippen LogP contribution in [0.15, 0.2) is 0 Å². The summed E-state index contributed by atoms with van der Waals surface area (Å²) < 4.78 is 32.2. The van der Waals surface area contributed by atoms with Gasteiger partial charge in [0, 0.05) is 33.0 Å². The highest BCUT2D eigenvalue weighted by Gasteiger charge is 2.52. The number of hydrogen-bond donors (Lipinski definition) is 0. The zero-order chi connectivity index (χ0) is 21.3. The van der Waals surface area contributed by atoms with E-state index in [1.165, 1.54) is 13.8 Å². The number of alkyl halides is 1. The molecule has 28 heavy (non-hydrogen) atoms. The van der Waals surface area contributed by atoms with Gasteiger partial charge >= 0.3 is 23.9 Å². The van der Waals surface area contributed by atoms with Crippen LogP contribution in [0.4, 0.5) is 0 Å². The number of ether oxygens (including phenoxy) is 6. The molecule has 160 valence electrons. The zero-order valence-corrected chi connectivity index (χ0v) is 17.8.